The molecule has 138 valence electrons. The number of rotatable bonds is 4. The zero-order valence-corrected chi connectivity index (χ0v) is 16.6. The van der Waals surface area contributed by atoms with Crippen molar-refractivity contribution in [2.45, 2.75) is 0 Å². The van der Waals surface area contributed by atoms with Gasteiger partial charge in [0.15, 0.2) is 5.84 Å². The summed E-state index contributed by atoms with van der Waals surface area (Å²) in [7, 11) is 1.60. The summed E-state index contributed by atoms with van der Waals surface area (Å²) < 4.78 is 6.38. The number of hydrogen-bond acceptors (Lipinski definition) is 4. The molecular weight excluding hydrogens is 418 g/mol. The van der Waals surface area contributed by atoms with Crippen molar-refractivity contribution in [2.24, 2.45) is 4.99 Å². The summed E-state index contributed by atoms with van der Waals surface area (Å²) in [5.74, 6) is 0.982. The number of carbonyl (C=O) groups is 1. The van der Waals surface area contributed by atoms with Crippen LogP contribution < -0.4 is 9.64 Å². The maximum atomic E-state index is 13.3. The van der Waals surface area contributed by atoms with E-state index in [1.165, 1.54) is 0 Å². The second-order valence-electron chi connectivity index (χ2n) is 6.07. The van der Waals surface area contributed by atoms with Crippen LogP contribution in [0, 0.1) is 0 Å². The van der Waals surface area contributed by atoms with Gasteiger partial charge in [0.05, 0.1) is 18.4 Å². The van der Waals surface area contributed by atoms with Gasteiger partial charge >= 0.3 is 0 Å². The Labute approximate surface area is 171 Å². The minimum atomic E-state index is -0.198. The van der Waals surface area contributed by atoms with Crippen molar-refractivity contribution in [3.63, 3.8) is 0 Å². The van der Waals surface area contributed by atoms with Crippen LogP contribution >= 0.6 is 15.9 Å². The smallest absolute Gasteiger partial charge is 0.282 e. The molecule has 1 aliphatic heterocycles. The molecular formula is C22H16BrN3O2. The van der Waals surface area contributed by atoms with E-state index in [0.717, 1.165) is 21.3 Å². The zero-order valence-electron chi connectivity index (χ0n) is 15.0. The van der Waals surface area contributed by atoms with Crippen LogP contribution in [-0.2, 0) is 4.79 Å². The average Bonchev–Trinajstić information content (AvgIpc) is 3.04. The van der Waals surface area contributed by atoms with Crippen molar-refractivity contribution in [1.82, 2.24) is 4.98 Å². The summed E-state index contributed by atoms with van der Waals surface area (Å²) in [6, 6.07) is 18.8. The largest absolute Gasteiger partial charge is 0.496 e. The summed E-state index contributed by atoms with van der Waals surface area (Å²) in [5, 5.41) is 0. The van der Waals surface area contributed by atoms with Gasteiger partial charge in [-0.1, -0.05) is 34.1 Å². The van der Waals surface area contributed by atoms with Crippen molar-refractivity contribution in [3.05, 3.63) is 94.4 Å². The number of benzene rings is 2. The number of ether oxygens (including phenoxy) is 1. The van der Waals surface area contributed by atoms with Crippen LogP contribution in [0.4, 0.5) is 5.69 Å². The van der Waals surface area contributed by atoms with E-state index in [0.29, 0.717) is 17.3 Å². The van der Waals surface area contributed by atoms with Crippen LogP contribution in [0.1, 0.15) is 11.1 Å². The van der Waals surface area contributed by atoms with E-state index in [9.17, 15) is 4.79 Å². The molecule has 2 heterocycles. The summed E-state index contributed by atoms with van der Waals surface area (Å²) in [6.45, 7) is 0. The number of amidine groups is 1. The first kappa shape index (κ1) is 18.1. The molecule has 28 heavy (non-hydrogen) atoms. The highest BCUT2D eigenvalue weighted by Gasteiger charge is 2.33. The second kappa shape index (κ2) is 7.78. The van der Waals surface area contributed by atoms with E-state index < -0.39 is 0 Å². The Morgan fingerprint density at radius 2 is 1.82 bits per heavy atom. The van der Waals surface area contributed by atoms with Gasteiger partial charge in [-0.3, -0.25) is 14.7 Å². The molecule has 1 aromatic heterocycles. The van der Waals surface area contributed by atoms with E-state index in [1.54, 1.807) is 30.5 Å². The molecule has 0 bridgehead atoms. The average molecular weight is 434 g/mol. The molecule has 4 rings (SSSR count). The lowest BCUT2D eigenvalue weighted by atomic mass is 10.1. The molecule has 5 nitrogen and oxygen atoms in total. The summed E-state index contributed by atoms with van der Waals surface area (Å²) in [4.78, 5) is 23.6. The molecule has 0 saturated heterocycles. The molecule has 1 aliphatic rings. The van der Waals surface area contributed by atoms with E-state index in [2.05, 4.69) is 25.9 Å². The first-order chi connectivity index (χ1) is 13.7. The molecule has 1 amide bonds. The topological polar surface area (TPSA) is 54.8 Å². The van der Waals surface area contributed by atoms with Gasteiger partial charge in [-0.25, -0.2) is 4.99 Å². The van der Waals surface area contributed by atoms with E-state index in [1.807, 2.05) is 60.7 Å². The van der Waals surface area contributed by atoms with E-state index in [4.69, 9.17) is 4.74 Å². The molecule has 0 atom stereocenters. The monoisotopic (exact) mass is 433 g/mol. The Kier molecular flexibility index (Phi) is 5.04. The molecule has 0 N–H and O–H groups in total. The van der Waals surface area contributed by atoms with Crippen LogP contribution in [0.2, 0.25) is 0 Å². The second-order valence-corrected chi connectivity index (χ2v) is 6.98. The van der Waals surface area contributed by atoms with Crippen LogP contribution in [-0.4, -0.2) is 23.8 Å². The first-order valence-corrected chi connectivity index (χ1v) is 9.40. The third kappa shape index (κ3) is 3.46. The molecule has 2 aromatic carbocycles. The third-order valence-corrected chi connectivity index (χ3v) is 4.78. The van der Waals surface area contributed by atoms with E-state index in [-0.39, 0.29) is 5.91 Å². The Balaban J connectivity index is 1.88. The molecule has 0 radical (unpaired) electrons. The van der Waals surface area contributed by atoms with Crippen molar-refractivity contribution >= 4 is 39.4 Å². The van der Waals surface area contributed by atoms with E-state index >= 15 is 0 Å². The van der Waals surface area contributed by atoms with Gasteiger partial charge in [0.25, 0.3) is 5.91 Å². The molecule has 0 fully saturated rings. The number of anilines is 1. The minimum absolute atomic E-state index is 0.198. The van der Waals surface area contributed by atoms with Gasteiger partial charge in [-0.2, -0.15) is 0 Å². The fourth-order valence-corrected chi connectivity index (χ4v) is 3.39. The molecule has 6 heteroatoms. The maximum absolute atomic E-state index is 13.3. The van der Waals surface area contributed by atoms with Gasteiger partial charge in [-0.15, -0.1) is 0 Å². The predicted molar refractivity (Wildman–Crippen MR) is 113 cm³/mol. The van der Waals surface area contributed by atoms with Crippen molar-refractivity contribution in [3.8, 4) is 5.75 Å². The Morgan fingerprint density at radius 1 is 1.04 bits per heavy atom. The van der Waals surface area contributed by atoms with Crippen molar-refractivity contribution in [1.29, 1.82) is 0 Å². The highest BCUT2D eigenvalue weighted by molar-refractivity contribution is 9.10. The Morgan fingerprint density at radius 3 is 2.57 bits per heavy atom. The number of halogens is 1. The fourth-order valence-electron chi connectivity index (χ4n) is 3.00. The van der Waals surface area contributed by atoms with Gasteiger partial charge < -0.3 is 4.74 Å². The van der Waals surface area contributed by atoms with Gasteiger partial charge in [0, 0.05) is 16.9 Å². The highest BCUT2D eigenvalue weighted by atomic mass is 79.9. The van der Waals surface area contributed by atoms with Crippen LogP contribution in [0.5, 0.6) is 5.75 Å². The third-order valence-electron chi connectivity index (χ3n) is 4.28. The lowest BCUT2D eigenvalue weighted by molar-refractivity contribution is -0.113. The van der Waals surface area contributed by atoms with Crippen LogP contribution in [0.15, 0.2) is 88.2 Å². The molecule has 0 unspecified atom stereocenters. The van der Waals surface area contributed by atoms with Gasteiger partial charge in [-0.05, 0) is 54.1 Å². The number of aliphatic imine (C=N–C) groups is 1. The van der Waals surface area contributed by atoms with Gasteiger partial charge in [0.2, 0.25) is 0 Å². The Hall–Kier alpha value is -3.25. The van der Waals surface area contributed by atoms with Crippen molar-refractivity contribution < 1.29 is 9.53 Å². The number of hydrogen-bond donors (Lipinski definition) is 0. The molecule has 3 aromatic rings. The number of nitrogens with zero attached hydrogens (tertiary/aromatic N) is 3. The molecule has 0 aliphatic carbocycles. The first-order valence-electron chi connectivity index (χ1n) is 8.61. The number of aromatic nitrogens is 1. The van der Waals surface area contributed by atoms with Gasteiger partial charge in [0.1, 0.15) is 11.4 Å². The maximum Gasteiger partial charge on any atom is 0.282 e. The lowest BCUT2D eigenvalue weighted by Gasteiger charge is -2.20. The van der Waals surface area contributed by atoms with Crippen LogP contribution in [0.25, 0.3) is 6.08 Å². The number of methoxy groups -OCH3 is 1. The number of amides is 1. The lowest BCUT2D eigenvalue weighted by Crippen LogP contribution is -2.32. The van der Waals surface area contributed by atoms with Crippen LogP contribution in [0.3, 0.4) is 0 Å². The zero-order chi connectivity index (χ0) is 19.5. The Bertz CT molecular complexity index is 1090. The normalized spacial score (nSPS) is 15.1. The summed E-state index contributed by atoms with van der Waals surface area (Å²) >= 11 is 3.48. The quantitative estimate of drug-likeness (QED) is 0.560. The van der Waals surface area contributed by atoms with Crippen molar-refractivity contribution in [2.75, 3.05) is 12.0 Å². The minimum Gasteiger partial charge on any atom is -0.496 e. The SMILES string of the molecule is COc1ccccc1C1=N/C(=C/c2ccncc2)C(=O)N1c1cccc(Br)c1. The predicted octanol–water partition coefficient (Wildman–Crippen LogP) is 4.69. The summed E-state index contributed by atoms with van der Waals surface area (Å²) in [5.41, 5.74) is 2.68. The number of para-hydroxylation sites is 1. The summed E-state index contributed by atoms with van der Waals surface area (Å²) in [6.07, 6.45) is 5.13. The number of carbonyl (C=O) groups excluding carboxylic acids is 1. The standard InChI is InChI=1S/C22H16BrN3O2/c1-28-20-8-3-2-7-18(20)21-25-19(13-15-9-11-24-12-10-15)22(27)26(21)17-6-4-5-16(23)14-17/h2-14H,1H3/b19-13+. The fraction of sp³-hybridized carbons (Fsp3) is 0.0455. The highest BCUT2D eigenvalue weighted by Crippen LogP contribution is 2.32. The number of pyridine rings is 1. The molecule has 0 spiro atoms. The molecule has 0 saturated carbocycles.